The molecule has 0 saturated carbocycles. The number of non-ortho nitro benzene ring substituents is 1. The van der Waals surface area contributed by atoms with Crippen LogP contribution in [0, 0.1) is 16.0 Å². The number of hydrogen-bond donors (Lipinski definition) is 8. The lowest BCUT2D eigenvalue weighted by atomic mass is 10.0. The number of hydrogen-bond acceptors (Lipinski definition) is 16. The molecule has 0 aromatic heterocycles. The summed E-state index contributed by atoms with van der Waals surface area (Å²) in [5.41, 5.74) is 9.23. The summed E-state index contributed by atoms with van der Waals surface area (Å²) in [6.45, 7) is 6.04. The Morgan fingerprint density at radius 2 is 1.32 bits per heavy atom. The van der Waals surface area contributed by atoms with Crippen LogP contribution in [0.1, 0.15) is 51.5 Å². The zero-order valence-electron chi connectivity index (χ0n) is 36.5. The summed E-state index contributed by atoms with van der Waals surface area (Å²) in [6, 6.07) is 6.72. The third kappa shape index (κ3) is 24.4. The highest BCUT2D eigenvalue weighted by Gasteiger charge is 2.32. The number of anilines is 1. The van der Waals surface area contributed by atoms with Crippen molar-refractivity contribution in [2.45, 2.75) is 70.7 Å². The van der Waals surface area contributed by atoms with Crippen LogP contribution in [0.25, 0.3) is 0 Å². The van der Waals surface area contributed by atoms with Gasteiger partial charge in [-0.15, -0.1) is 0 Å². The summed E-state index contributed by atoms with van der Waals surface area (Å²) in [4.78, 5) is 98.7. The lowest BCUT2D eigenvalue weighted by molar-refractivity contribution is -0.384. The molecule has 0 aliphatic rings. The number of aliphatic carboxylic acids is 1. The molecule has 0 saturated heterocycles. The fourth-order valence-corrected chi connectivity index (χ4v) is 5.48. The molecule has 6 amide bonds. The highest BCUT2D eigenvalue weighted by molar-refractivity contribution is 5.99. The van der Waals surface area contributed by atoms with Gasteiger partial charge in [0.15, 0.2) is 0 Å². The van der Waals surface area contributed by atoms with E-state index in [4.69, 9.17) is 34.2 Å². The molecule has 0 aliphatic heterocycles. The number of carboxylic acids is 1. The van der Waals surface area contributed by atoms with Crippen LogP contribution in [0.4, 0.5) is 21.0 Å². The molecular formula is C41H61N8O16+. The monoisotopic (exact) mass is 921 g/mol. The van der Waals surface area contributed by atoms with Crippen molar-refractivity contribution in [2.24, 2.45) is 11.7 Å². The number of nitro groups is 1. The van der Waals surface area contributed by atoms with E-state index in [9.17, 15) is 48.8 Å². The fraction of sp³-hybridized carbons (Fsp3) is 0.537. The van der Waals surface area contributed by atoms with Crippen LogP contribution in [0.3, 0.4) is 0 Å². The second-order valence-electron chi connectivity index (χ2n) is 14.4. The Morgan fingerprint density at radius 1 is 0.738 bits per heavy atom. The number of rotatable bonds is 33. The van der Waals surface area contributed by atoms with Crippen LogP contribution in [0.5, 0.6) is 5.75 Å². The summed E-state index contributed by atoms with van der Waals surface area (Å²) in [7, 11) is 0. The van der Waals surface area contributed by atoms with Gasteiger partial charge >= 0.3 is 18.2 Å². The highest BCUT2D eigenvalue weighted by Crippen LogP contribution is 2.18. The number of nitrogens with one attached hydrogen (secondary N) is 5. The number of amides is 6. The minimum Gasteiger partial charge on any atom is -0.481 e. The molecule has 65 heavy (non-hydrogen) atoms. The molecule has 0 bridgehead atoms. The molecule has 24 nitrogen and oxygen atoms in total. The number of benzene rings is 2. The van der Waals surface area contributed by atoms with Gasteiger partial charge in [-0.25, -0.2) is 9.59 Å². The van der Waals surface area contributed by atoms with E-state index in [0.717, 1.165) is 0 Å². The van der Waals surface area contributed by atoms with Gasteiger partial charge in [0.05, 0.1) is 57.8 Å². The molecule has 2 aromatic carbocycles. The largest absolute Gasteiger partial charge is 0.514 e. The lowest BCUT2D eigenvalue weighted by Crippen LogP contribution is -2.63. The number of carbonyl (C=O) groups excluding carboxylic acids is 6. The number of nitro benzene ring substituents is 1. The molecule has 0 heterocycles. The maximum Gasteiger partial charge on any atom is 0.514 e. The number of nitrogens with two attached hydrogens (primary N) is 1. The predicted octanol–water partition coefficient (Wildman–Crippen LogP) is 0.371. The van der Waals surface area contributed by atoms with E-state index in [0.29, 0.717) is 50.8 Å². The van der Waals surface area contributed by atoms with Crippen molar-refractivity contribution in [1.29, 1.82) is 0 Å². The van der Waals surface area contributed by atoms with Gasteiger partial charge in [0.2, 0.25) is 23.6 Å². The van der Waals surface area contributed by atoms with Gasteiger partial charge in [-0.1, -0.05) is 26.0 Å². The molecular weight excluding hydrogens is 860 g/mol. The minimum absolute atomic E-state index is 0.0147. The van der Waals surface area contributed by atoms with Crippen molar-refractivity contribution in [2.75, 3.05) is 71.3 Å². The molecule has 2 rings (SSSR count). The SMILES string of the molecule is CC(C)[C@H](NC(=O)[C@H](CCC(=O)O)NC(=O)CCOCCOCCOCCOCCN)C(=O)N[C@@H](CCCNC([NH3+])=O)C(=O)Nc1ccc(COC(=O)Oc2ccc([N+](=O)[O-])cc2)cc1. The van der Waals surface area contributed by atoms with Crippen LogP contribution in [0.15, 0.2) is 48.5 Å². The van der Waals surface area contributed by atoms with Gasteiger partial charge in [-0.05, 0) is 55.0 Å². The standard InChI is InChI=1S/C41H60N8O16/c1-27(2)36(48-38(54)33(13-14-35(51)52)46-34(50)15-18-60-20-22-62-24-25-63-23-21-61-19-16-42)39(55)47-32(4-3-17-44-40(43)56)37(53)45-29-7-5-28(6-8-29)26-64-41(57)65-31-11-9-30(10-12-31)49(58)59/h5-12,27,32-33,36H,3-4,13-26,42H2,1-2H3,(H,45,53)(H,46,50)(H,47,55)(H,48,54)(H,51,52)(H3,43,44,56)/p+1/t32-,33-,36-/m0/s1. The predicted molar refractivity (Wildman–Crippen MR) is 229 cm³/mol. The number of urea groups is 1. The summed E-state index contributed by atoms with van der Waals surface area (Å²) < 4.78 is 31.5. The number of ether oxygens (including phenoxy) is 6. The lowest BCUT2D eigenvalue weighted by Gasteiger charge is -2.27. The first-order valence-corrected chi connectivity index (χ1v) is 20.8. The summed E-state index contributed by atoms with van der Waals surface area (Å²) in [5, 5.41) is 33.1. The van der Waals surface area contributed by atoms with E-state index in [-0.39, 0.29) is 70.1 Å². The van der Waals surface area contributed by atoms with Crippen molar-refractivity contribution >= 4 is 53.2 Å². The Bertz CT molecular complexity index is 1820. The topological polar surface area (TPSA) is 352 Å². The maximum absolute atomic E-state index is 13.7. The number of carbonyl (C=O) groups is 7. The third-order valence-corrected chi connectivity index (χ3v) is 8.85. The maximum atomic E-state index is 13.7. The molecule has 11 N–H and O–H groups in total. The van der Waals surface area contributed by atoms with E-state index in [1.54, 1.807) is 26.0 Å². The molecule has 0 unspecified atom stereocenters. The van der Waals surface area contributed by atoms with Gasteiger partial charge < -0.3 is 65.8 Å². The summed E-state index contributed by atoms with van der Waals surface area (Å²) in [6.07, 6.45) is -1.67. The van der Waals surface area contributed by atoms with Crippen LogP contribution in [-0.4, -0.2) is 136 Å². The minimum atomic E-state index is -1.32. The fourth-order valence-electron chi connectivity index (χ4n) is 5.48. The molecule has 360 valence electrons. The quantitative estimate of drug-likeness (QED) is 0.0158. The van der Waals surface area contributed by atoms with Crippen LogP contribution < -0.4 is 42.8 Å². The second-order valence-corrected chi connectivity index (χ2v) is 14.4. The first-order chi connectivity index (χ1) is 31.1. The molecule has 24 heteroatoms. The Kier molecular flexibility index (Phi) is 26.6. The normalized spacial score (nSPS) is 12.3. The second kappa shape index (κ2) is 31.5. The van der Waals surface area contributed by atoms with Crippen molar-refractivity contribution in [3.8, 4) is 5.75 Å². The van der Waals surface area contributed by atoms with Crippen molar-refractivity contribution in [1.82, 2.24) is 21.3 Å². The van der Waals surface area contributed by atoms with Crippen molar-refractivity contribution in [3.05, 3.63) is 64.2 Å². The molecule has 0 fully saturated rings. The van der Waals surface area contributed by atoms with E-state index in [1.165, 1.54) is 36.4 Å². The van der Waals surface area contributed by atoms with Gasteiger partial charge in [0.25, 0.3) is 5.69 Å². The summed E-state index contributed by atoms with van der Waals surface area (Å²) in [5.74, 6) is -4.51. The average Bonchev–Trinajstić information content (AvgIpc) is 3.26. The zero-order chi connectivity index (χ0) is 48.0. The first-order valence-electron chi connectivity index (χ1n) is 20.8. The third-order valence-electron chi connectivity index (χ3n) is 8.85. The molecule has 2 aromatic rings. The van der Waals surface area contributed by atoms with Gasteiger partial charge in [0.1, 0.15) is 30.5 Å². The van der Waals surface area contributed by atoms with Crippen molar-refractivity contribution < 1.29 is 77.7 Å². The smallest absolute Gasteiger partial charge is 0.481 e. The van der Waals surface area contributed by atoms with Crippen LogP contribution in [0.2, 0.25) is 0 Å². The molecule has 0 radical (unpaired) electrons. The number of quaternary nitrogens is 1. The molecule has 3 atom stereocenters. The van der Waals surface area contributed by atoms with E-state index in [2.05, 4.69) is 32.3 Å². The Labute approximate surface area is 375 Å². The van der Waals surface area contributed by atoms with Gasteiger partial charge in [-0.3, -0.25) is 39.8 Å². The van der Waals surface area contributed by atoms with E-state index in [1.807, 2.05) is 0 Å². The van der Waals surface area contributed by atoms with E-state index >= 15 is 0 Å². The molecule has 0 spiro atoms. The Morgan fingerprint density at radius 3 is 1.88 bits per heavy atom. The number of nitrogens with zero attached hydrogens (tertiary/aromatic N) is 1. The summed E-state index contributed by atoms with van der Waals surface area (Å²) >= 11 is 0. The Hall–Kier alpha value is -6.31. The van der Waals surface area contributed by atoms with Crippen LogP contribution >= 0.6 is 0 Å². The Balaban J connectivity index is 1.97. The first kappa shape index (κ1) is 54.8. The van der Waals surface area contributed by atoms with Gasteiger partial charge in [-0.2, -0.15) is 0 Å². The molecule has 0 aliphatic carbocycles. The van der Waals surface area contributed by atoms with E-state index < -0.39 is 77.2 Å². The number of carboxylic acid groups (broad SMARTS) is 1. The van der Waals surface area contributed by atoms with Crippen LogP contribution in [-0.2, 0) is 54.3 Å². The average molecular weight is 922 g/mol. The zero-order valence-corrected chi connectivity index (χ0v) is 36.5. The van der Waals surface area contributed by atoms with Crippen molar-refractivity contribution in [3.63, 3.8) is 0 Å². The van der Waals surface area contributed by atoms with Gasteiger partial charge in [0, 0.05) is 43.8 Å². The highest BCUT2D eigenvalue weighted by atomic mass is 16.7.